The van der Waals surface area contributed by atoms with Gasteiger partial charge in [-0.1, -0.05) is 99.3 Å². The highest BCUT2D eigenvalue weighted by Gasteiger charge is 2.36. The Bertz CT molecular complexity index is 1120. The van der Waals surface area contributed by atoms with E-state index in [0.29, 0.717) is 0 Å². The van der Waals surface area contributed by atoms with Gasteiger partial charge in [0.05, 0.1) is 0 Å². The quantitative estimate of drug-likeness (QED) is 0.392. The summed E-state index contributed by atoms with van der Waals surface area (Å²) in [5.74, 6) is 0. The fourth-order valence-electron chi connectivity index (χ4n) is 4.57. The molecule has 0 bridgehead atoms. The van der Waals surface area contributed by atoms with Gasteiger partial charge in [-0.25, -0.2) is 0 Å². The lowest BCUT2D eigenvalue weighted by Crippen LogP contribution is -2.18. The number of anilines is 1. The third kappa shape index (κ3) is 3.52. The molecule has 0 aromatic heterocycles. The summed E-state index contributed by atoms with van der Waals surface area (Å²) in [6.45, 7) is 11.5. The Kier molecular flexibility index (Phi) is 5.46. The molecule has 0 aliphatic heterocycles. The van der Waals surface area contributed by atoms with Gasteiger partial charge in [-0.3, -0.25) is 0 Å². The predicted molar refractivity (Wildman–Crippen MR) is 130 cm³/mol. The minimum atomic E-state index is 0.0298. The average molecular weight is 392 g/mol. The Morgan fingerprint density at radius 2 is 1.57 bits per heavy atom. The summed E-state index contributed by atoms with van der Waals surface area (Å²) in [5, 5.41) is 0. The van der Waals surface area contributed by atoms with Crippen LogP contribution in [0.2, 0.25) is 0 Å². The maximum atomic E-state index is 3.76. The van der Waals surface area contributed by atoms with Crippen LogP contribution in [0.4, 0.5) is 5.69 Å². The maximum absolute atomic E-state index is 3.76. The standard InChI is InChI=1S/C29H29N/c1-5-6-7-13-20-30(21-23-14-9-8-10-15-23)27-19-18-26-28(22(27)2)24-16-11-12-17-25(24)29(26,3)4/h5-20H,1,21H2,2-4H3/b7-6-,20-13-. The van der Waals surface area contributed by atoms with Crippen LogP contribution in [0.3, 0.4) is 0 Å². The molecule has 0 spiro atoms. The third-order valence-corrected chi connectivity index (χ3v) is 6.11. The number of fused-ring (bicyclic) bond motifs is 3. The van der Waals surface area contributed by atoms with Gasteiger partial charge in [0.15, 0.2) is 0 Å². The van der Waals surface area contributed by atoms with E-state index in [4.69, 9.17) is 0 Å². The summed E-state index contributed by atoms with van der Waals surface area (Å²) in [6, 6.07) is 24.1. The number of hydrogen-bond donors (Lipinski definition) is 0. The second kappa shape index (κ2) is 8.20. The molecule has 0 radical (unpaired) electrons. The third-order valence-electron chi connectivity index (χ3n) is 6.11. The molecule has 0 amide bonds. The van der Waals surface area contributed by atoms with Gasteiger partial charge in [0.25, 0.3) is 0 Å². The van der Waals surface area contributed by atoms with Gasteiger partial charge >= 0.3 is 0 Å². The summed E-state index contributed by atoms with van der Waals surface area (Å²) in [7, 11) is 0. The number of hydrogen-bond acceptors (Lipinski definition) is 1. The Morgan fingerprint density at radius 3 is 2.33 bits per heavy atom. The number of benzene rings is 3. The maximum Gasteiger partial charge on any atom is 0.0476 e. The summed E-state index contributed by atoms with van der Waals surface area (Å²) >= 11 is 0. The van der Waals surface area contributed by atoms with Crippen molar-refractivity contribution in [1.82, 2.24) is 0 Å². The zero-order valence-corrected chi connectivity index (χ0v) is 18.1. The Labute approximate surface area is 180 Å². The first-order chi connectivity index (χ1) is 14.5. The number of allylic oxidation sites excluding steroid dienone is 4. The van der Waals surface area contributed by atoms with E-state index in [9.17, 15) is 0 Å². The van der Waals surface area contributed by atoms with E-state index in [1.807, 2.05) is 12.2 Å². The molecular formula is C29H29N. The lowest BCUT2D eigenvalue weighted by Gasteiger charge is -2.26. The van der Waals surface area contributed by atoms with E-state index in [1.54, 1.807) is 6.08 Å². The van der Waals surface area contributed by atoms with Crippen molar-refractivity contribution in [3.05, 3.63) is 126 Å². The highest BCUT2D eigenvalue weighted by molar-refractivity contribution is 5.86. The van der Waals surface area contributed by atoms with Gasteiger partial charge in [-0.15, -0.1) is 0 Å². The molecule has 0 N–H and O–H groups in total. The molecule has 1 aliphatic carbocycles. The van der Waals surface area contributed by atoms with Crippen LogP contribution < -0.4 is 4.90 Å². The molecule has 0 saturated carbocycles. The fraction of sp³-hybridized carbons (Fsp3) is 0.172. The lowest BCUT2D eigenvalue weighted by molar-refractivity contribution is 0.660. The molecule has 3 aromatic rings. The Balaban J connectivity index is 1.82. The van der Waals surface area contributed by atoms with Crippen molar-refractivity contribution in [2.45, 2.75) is 32.7 Å². The van der Waals surface area contributed by atoms with Crippen molar-refractivity contribution < 1.29 is 0 Å². The van der Waals surface area contributed by atoms with Gasteiger partial charge < -0.3 is 4.90 Å². The van der Waals surface area contributed by atoms with E-state index < -0.39 is 0 Å². The van der Waals surface area contributed by atoms with Crippen LogP contribution in [0.1, 0.15) is 36.1 Å². The molecule has 3 aromatic carbocycles. The summed E-state index contributed by atoms with van der Waals surface area (Å²) in [4.78, 5) is 2.34. The first-order valence-corrected chi connectivity index (χ1v) is 10.5. The molecule has 0 fully saturated rings. The molecule has 0 heterocycles. The molecule has 1 aliphatic rings. The highest BCUT2D eigenvalue weighted by Crippen LogP contribution is 2.51. The predicted octanol–water partition coefficient (Wildman–Crippen LogP) is 7.56. The van der Waals surface area contributed by atoms with E-state index in [2.05, 4.69) is 111 Å². The molecule has 150 valence electrons. The van der Waals surface area contributed by atoms with Crippen LogP contribution in [0, 0.1) is 6.92 Å². The Morgan fingerprint density at radius 1 is 0.833 bits per heavy atom. The Hall–Kier alpha value is -3.32. The van der Waals surface area contributed by atoms with Crippen molar-refractivity contribution >= 4 is 5.69 Å². The highest BCUT2D eigenvalue weighted by atomic mass is 15.1. The van der Waals surface area contributed by atoms with Crippen molar-refractivity contribution in [3.63, 3.8) is 0 Å². The largest absolute Gasteiger partial charge is 0.343 e. The van der Waals surface area contributed by atoms with Gasteiger partial charge in [-0.2, -0.15) is 0 Å². The number of rotatable bonds is 6. The van der Waals surface area contributed by atoms with Gasteiger partial charge in [0.2, 0.25) is 0 Å². The molecule has 0 atom stereocenters. The smallest absolute Gasteiger partial charge is 0.0476 e. The van der Waals surface area contributed by atoms with Crippen LogP contribution in [0.15, 0.2) is 104 Å². The topological polar surface area (TPSA) is 3.24 Å². The molecule has 4 rings (SSSR count). The fourth-order valence-corrected chi connectivity index (χ4v) is 4.57. The van der Waals surface area contributed by atoms with E-state index >= 15 is 0 Å². The zero-order valence-electron chi connectivity index (χ0n) is 18.1. The van der Waals surface area contributed by atoms with Gasteiger partial charge in [0.1, 0.15) is 0 Å². The van der Waals surface area contributed by atoms with E-state index in [1.165, 1.54) is 39.1 Å². The van der Waals surface area contributed by atoms with Crippen LogP contribution in [0.5, 0.6) is 0 Å². The van der Waals surface area contributed by atoms with Gasteiger partial charge in [0, 0.05) is 23.8 Å². The molecule has 1 nitrogen and oxygen atoms in total. The second-order valence-electron chi connectivity index (χ2n) is 8.38. The summed E-state index contributed by atoms with van der Waals surface area (Å²) < 4.78 is 0. The average Bonchev–Trinajstić information content (AvgIpc) is 2.99. The number of nitrogens with zero attached hydrogens (tertiary/aromatic N) is 1. The van der Waals surface area contributed by atoms with Crippen LogP contribution in [-0.2, 0) is 12.0 Å². The SMILES string of the molecule is C=C/C=C\C=C/N(Cc1ccccc1)c1ccc2c(c1C)-c1ccccc1C2(C)C. The van der Waals surface area contributed by atoms with Crippen molar-refractivity contribution in [2.75, 3.05) is 4.90 Å². The molecule has 30 heavy (non-hydrogen) atoms. The molecule has 1 heteroatoms. The lowest BCUT2D eigenvalue weighted by atomic mass is 9.82. The van der Waals surface area contributed by atoms with Crippen molar-refractivity contribution in [2.24, 2.45) is 0 Å². The normalized spacial score (nSPS) is 14.1. The van der Waals surface area contributed by atoms with Crippen LogP contribution in [0.25, 0.3) is 11.1 Å². The van der Waals surface area contributed by atoms with Crippen molar-refractivity contribution in [1.29, 1.82) is 0 Å². The zero-order chi connectivity index (χ0) is 21.1. The van der Waals surface area contributed by atoms with Gasteiger partial charge in [-0.05, 0) is 52.4 Å². The first-order valence-electron chi connectivity index (χ1n) is 10.5. The summed E-state index contributed by atoms with van der Waals surface area (Å²) in [6.07, 6.45) is 10.0. The molecular weight excluding hydrogens is 362 g/mol. The van der Waals surface area contributed by atoms with E-state index in [-0.39, 0.29) is 5.41 Å². The van der Waals surface area contributed by atoms with E-state index in [0.717, 1.165) is 6.54 Å². The molecule has 0 saturated heterocycles. The van der Waals surface area contributed by atoms with Crippen LogP contribution >= 0.6 is 0 Å². The minimum absolute atomic E-state index is 0.0298. The molecule has 0 unspecified atom stereocenters. The van der Waals surface area contributed by atoms with Crippen molar-refractivity contribution in [3.8, 4) is 11.1 Å². The second-order valence-corrected chi connectivity index (χ2v) is 8.38. The summed E-state index contributed by atoms with van der Waals surface area (Å²) in [5.41, 5.74) is 9.48. The monoisotopic (exact) mass is 391 g/mol. The van der Waals surface area contributed by atoms with Crippen LogP contribution in [-0.4, -0.2) is 0 Å². The first kappa shape index (κ1) is 20.0. The minimum Gasteiger partial charge on any atom is -0.343 e.